The normalized spacial score (nSPS) is 12.3. The number of nitrogens with one attached hydrogen (secondary N) is 1. The largest absolute Gasteiger partial charge is 0.507 e. The van der Waals surface area contributed by atoms with Gasteiger partial charge in [-0.3, -0.25) is 9.79 Å². The van der Waals surface area contributed by atoms with E-state index in [1.165, 1.54) is 6.07 Å². The first kappa shape index (κ1) is 19.0. The maximum absolute atomic E-state index is 12.0. The fourth-order valence-electron chi connectivity index (χ4n) is 1.95. The highest BCUT2D eigenvalue weighted by molar-refractivity contribution is 14.1. The molecule has 0 spiro atoms. The zero-order chi connectivity index (χ0) is 17.7. The number of nitrogens with zero attached hydrogens (tertiary/aromatic N) is 1. The molecule has 2 aromatic rings. The molecule has 2 rings (SSSR count). The van der Waals surface area contributed by atoms with Gasteiger partial charge in [-0.1, -0.05) is 12.1 Å². The zero-order valence-corrected chi connectivity index (χ0v) is 17.1. The summed E-state index contributed by atoms with van der Waals surface area (Å²) in [6, 6.07) is 9.93. The molecule has 0 saturated heterocycles. The van der Waals surface area contributed by atoms with Crippen LogP contribution in [-0.4, -0.2) is 34.9 Å². The zero-order valence-electron chi connectivity index (χ0n) is 12.8. The summed E-state index contributed by atoms with van der Waals surface area (Å²) in [5, 5.41) is 22.4. The van der Waals surface area contributed by atoms with E-state index in [9.17, 15) is 15.0 Å². The van der Waals surface area contributed by atoms with E-state index in [4.69, 9.17) is 0 Å². The summed E-state index contributed by atoms with van der Waals surface area (Å²) in [5.74, 6) is -0.198. The van der Waals surface area contributed by atoms with Crippen molar-refractivity contribution >= 4 is 57.3 Å². The summed E-state index contributed by atoms with van der Waals surface area (Å²) in [7, 11) is 0. The smallest absolute Gasteiger partial charge is 0.255 e. The molecule has 1 unspecified atom stereocenters. The summed E-state index contributed by atoms with van der Waals surface area (Å²) < 4.78 is 1.78. The summed E-state index contributed by atoms with van der Waals surface area (Å²) in [5.41, 5.74) is 0.878. The third-order valence-electron chi connectivity index (χ3n) is 3.23. The van der Waals surface area contributed by atoms with Crippen molar-refractivity contribution in [3.63, 3.8) is 0 Å². The number of carbonyl (C=O) groups is 1. The molecular weight excluding hydrogens is 534 g/mol. The van der Waals surface area contributed by atoms with E-state index >= 15 is 0 Å². The number of phenols is 2. The SMILES string of the molecule is CC(CNC(=O)c1ccccc1O)N=Cc1cc(I)cc(I)c1O. The predicted octanol–water partition coefficient (Wildman–Crippen LogP) is 3.54. The third kappa shape index (κ3) is 5.07. The Hall–Kier alpha value is -1.36. The first-order valence-electron chi connectivity index (χ1n) is 7.16. The van der Waals surface area contributed by atoms with Crippen molar-refractivity contribution in [2.45, 2.75) is 13.0 Å². The molecule has 0 saturated carbocycles. The number of carbonyl (C=O) groups excluding carboxylic acids is 1. The number of rotatable bonds is 5. The number of halogens is 2. The lowest BCUT2D eigenvalue weighted by Gasteiger charge is -2.10. The van der Waals surface area contributed by atoms with Gasteiger partial charge in [-0.15, -0.1) is 0 Å². The number of amides is 1. The predicted molar refractivity (Wildman–Crippen MR) is 111 cm³/mol. The molecule has 1 atom stereocenters. The highest BCUT2D eigenvalue weighted by Crippen LogP contribution is 2.25. The second kappa shape index (κ2) is 8.65. The van der Waals surface area contributed by atoms with Crippen LogP contribution in [0, 0.1) is 7.14 Å². The minimum Gasteiger partial charge on any atom is -0.507 e. The molecule has 1 amide bonds. The monoisotopic (exact) mass is 550 g/mol. The van der Waals surface area contributed by atoms with Gasteiger partial charge < -0.3 is 15.5 Å². The Morgan fingerprint density at radius 3 is 2.71 bits per heavy atom. The molecule has 2 aromatic carbocycles. The van der Waals surface area contributed by atoms with E-state index in [1.54, 1.807) is 24.4 Å². The van der Waals surface area contributed by atoms with Crippen LogP contribution in [0.4, 0.5) is 0 Å². The van der Waals surface area contributed by atoms with Crippen molar-refractivity contribution in [1.82, 2.24) is 5.32 Å². The fourth-order valence-corrected chi connectivity index (χ4v) is 3.84. The Morgan fingerprint density at radius 1 is 1.29 bits per heavy atom. The van der Waals surface area contributed by atoms with Crippen LogP contribution in [0.2, 0.25) is 0 Å². The molecule has 0 aliphatic heterocycles. The van der Waals surface area contributed by atoms with E-state index in [0.717, 1.165) is 7.14 Å². The second-order valence-electron chi connectivity index (χ2n) is 5.18. The van der Waals surface area contributed by atoms with E-state index in [-0.39, 0.29) is 29.0 Å². The number of phenolic OH excluding ortho intramolecular Hbond substituents is 2. The second-order valence-corrected chi connectivity index (χ2v) is 7.59. The van der Waals surface area contributed by atoms with Gasteiger partial charge in [0.1, 0.15) is 11.5 Å². The molecule has 24 heavy (non-hydrogen) atoms. The molecule has 7 heteroatoms. The minimum absolute atomic E-state index is 0.0514. The minimum atomic E-state index is -0.346. The van der Waals surface area contributed by atoms with Crippen LogP contribution >= 0.6 is 45.2 Å². The number of aliphatic imine (C=N–C) groups is 1. The summed E-state index contributed by atoms with van der Waals surface area (Å²) in [4.78, 5) is 16.4. The maximum atomic E-state index is 12.0. The molecule has 0 heterocycles. The highest BCUT2D eigenvalue weighted by atomic mass is 127. The van der Waals surface area contributed by atoms with Gasteiger partial charge in [0, 0.05) is 21.9 Å². The van der Waals surface area contributed by atoms with Crippen molar-refractivity contribution in [2.75, 3.05) is 6.54 Å². The van der Waals surface area contributed by atoms with Crippen LogP contribution in [0.1, 0.15) is 22.8 Å². The van der Waals surface area contributed by atoms with Gasteiger partial charge in [-0.05, 0) is 76.4 Å². The molecule has 3 N–H and O–H groups in total. The Morgan fingerprint density at radius 2 is 2.00 bits per heavy atom. The van der Waals surface area contributed by atoms with Gasteiger partial charge in [-0.25, -0.2) is 0 Å². The van der Waals surface area contributed by atoms with Gasteiger partial charge in [0.15, 0.2) is 0 Å². The standard InChI is InChI=1S/C17H16I2N2O3/c1-10(8-21-17(24)13-4-2-3-5-15(13)22)20-9-11-6-12(18)7-14(19)16(11)23/h2-7,9-10,22-23H,8H2,1H3,(H,21,24). The van der Waals surface area contributed by atoms with E-state index in [1.807, 2.05) is 19.1 Å². The third-order valence-corrected chi connectivity index (χ3v) is 4.68. The summed E-state index contributed by atoms with van der Waals surface area (Å²) in [6.45, 7) is 2.18. The van der Waals surface area contributed by atoms with Crippen LogP contribution in [0.25, 0.3) is 0 Å². The van der Waals surface area contributed by atoms with Crippen molar-refractivity contribution in [1.29, 1.82) is 0 Å². The van der Waals surface area contributed by atoms with Crippen molar-refractivity contribution in [3.05, 3.63) is 54.7 Å². The van der Waals surface area contributed by atoms with Crippen LogP contribution in [0.3, 0.4) is 0 Å². The average molecular weight is 550 g/mol. The van der Waals surface area contributed by atoms with Gasteiger partial charge in [-0.2, -0.15) is 0 Å². The van der Waals surface area contributed by atoms with Crippen molar-refractivity contribution < 1.29 is 15.0 Å². The fraction of sp³-hybridized carbons (Fsp3) is 0.176. The van der Waals surface area contributed by atoms with Crippen LogP contribution in [0.15, 0.2) is 41.4 Å². The van der Waals surface area contributed by atoms with Crippen LogP contribution in [-0.2, 0) is 0 Å². The topological polar surface area (TPSA) is 81.9 Å². The molecule has 0 aliphatic carbocycles. The van der Waals surface area contributed by atoms with Gasteiger partial charge in [0.05, 0.1) is 15.2 Å². The molecule has 0 fully saturated rings. The summed E-state index contributed by atoms with van der Waals surface area (Å²) >= 11 is 4.25. The Bertz CT molecular complexity index is 778. The van der Waals surface area contributed by atoms with Crippen LogP contribution in [0.5, 0.6) is 11.5 Å². The first-order valence-corrected chi connectivity index (χ1v) is 9.31. The Kier molecular flexibility index (Phi) is 6.84. The molecule has 0 radical (unpaired) electrons. The van der Waals surface area contributed by atoms with Gasteiger partial charge in [0.25, 0.3) is 5.91 Å². The quantitative estimate of drug-likeness (QED) is 0.394. The molecule has 0 aliphatic rings. The van der Waals surface area contributed by atoms with Gasteiger partial charge >= 0.3 is 0 Å². The lowest BCUT2D eigenvalue weighted by atomic mass is 10.2. The molecule has 0 aromatic heterocycles. The van der Waals surface area contributed by atoms with Crippen LogP contribution < -0.4 is 5.32 Å². The lowest BCUT2D eigenvalue weighted by Crippen LogP contribution is -2.30. The number of benzene rings is 2. The van der Waals surface area contributed by atoms with Gasteiger partial charge in [0.2, 0.25) is 0 Å². The summed E-state index contributed by atoms with van der Waals surface area (Å²) in [6.07, 6.45) is 1.61. The number of hydrogen-bond donors (Lipinski definition) is 3. The van der Waals surface area contributed by atoms with Crippen molar-refractivity contribution in [3.8, 4) is 11.5 Å². The Labute approximate surface area is 167 Å². The van der Waals surface area contributed by atoms with E-state index < -0.39 is 0 Å². The molecule has 0 bridgehead atoms. The first-order chi connectivity index (χ1) is 11.4. The number of aromatic hydroxyl groups is 2. The number of para-hydroxylation sites is 1. The number of hydrogen-bond acceptors (Lipinski definition) is 4. The van der Waals surface area contributed by atoms with Crippen molar-refractivity contribution in [2.24, 2.45) is 4.99 Å². The highest BCUT2D eigenvalue weighted by Gasteiger charge is 2.11. The average Bonchev–Trinajstić information content (AvgIpc) is 2.55. The maximum Gasteiger partial charge on any atom is 0.255 e. The molecular formula is C17H16I2N2O3. The molecule has 126 valence electrons. The molecule has 5 nitrogen and oxygen atoms in total. The Balaban J connectivity index is 1.98. The van der Waals surface area contributed by atoms with E-state index in [0.29, 0.717) is 12.1 Å². The van der Waals surface area contributed by atoms with E-state index in [2.05, 4.69) is 55.5 Å². The lowest BCUT2D eigenvalue weighted by molar-refractivity contribution is 0.0949.